The van der Waals surface area contributed by atoms with Crippen molar-refractivity contribution < 1.29 is 27.4 Å². The van der Waals surface area contributed by atoms with Crippen LogP contribution in [-0.2, 0) is 17.4 Å². The Hall–Kier alpha value is -4.08. The van der Waals surface area contributed by atoms with Crippen LogP contribution in [-0.4, -0.2) is 27.0 Å². The number of imidazole rings is 1. The Labute approximate surface area is 197 Å². The molecule has 7 nitrogen and oxygen atoms in total. The molecule has 7 rings (SSSR count). The molecule has 1 fully saturated rings. The van der Waals surface area contributed by atoms with Crippen molar-refractivity contribution in [1.82, 2.24) is 15.0 Å². The molecule has 1 aliphatic carbocycles. The molecule has 4 heterocycles. The Morgan fingerprint density at radius 1 is 1.06 bits per heavy atom. The summed E-state index contributed by atoms with van der Waals surface area (Å²) in [5, 5.41) is 2.79. The summed E-state index contributed by atoms with van der Waals surface area (Å²) in [4.78, 5) is 22.1. The molecule has 2 atom stereocenters. The number of aromatic amines is 1. The Bertz CT molecular complexity index is 1450. The van der Waals surface area contributed by atoms with Crippen LogP contribution in [0.15, 0.2) is 55.0 Å². The van der Waals surface area contributed by atoms with Gasteiger partial charge in [0.15, 0.2) is 0 Å². The first-order chi connectivity index (χ1) is 16.8. The zero-order valence-electron chi connectivity index (χ0n) is 18.2. The van der Waals surface area contributed by atoms with Gasteiger partial charge in [-0.15, -0.1) is 0 Å². The van der Waals surface area contributed by atoms with Crippen LogP contribution in [0.2, 0.25) is 0 Å². The molecule has 3 aliphatic rings. The predicted molar refractivity (Wildman–Crippen MR) is 121 cm³/mol. The number of rotatable bonds is 2. The summed E-state index contributed by atoms with van der Waals surface area (Å²) in [5.74, 6) is 3.71. The van der Waals surface area contributed by atoms with Crippen LogP contribution in [0, 0.1) is 0 Å². The molecule has 0 saturated heterocycles. The van der Waals surface area contributed by atoms with Crippen LogP contribution in [0.3, 0.4) is 0 Å². The number of fused-ring (bicyclic) bond motifs is 5. The van der Waals surface area contributed by atoms with Gasteiger partial charge in [0.25, 0.3) is 0 Å². The number of alkyl halides is 3. The quantitative estimate of drug-likeness (QED) is 0.391. The minimum atomic E-state index is -4.29. The molecule has 2 aromatic heterocycles. The molecule has 2 aromatic carbocycles. The van der Waals surface area contributed by atoms with E-state index >= 15 is 0 Å². The SMILES string of the molecule is FC(F)(F)c1ccc2nc[nH]c2c1.O=C1CCc2c(Oc3ccc4c(c3)C3CC3O4)ccnc2N1. The third-order valence-electron chi connectivity index (χ3n) is 6.24. The minimum Gasteiger partial charge on any atom is -0.489 e. The Morgan fingerprint density at radius 2 is 1.94 bits per heavy atom. The Kier molecular flexibility index (Phi) is 4.91. The number of anilines is 1. The lowest BCUT2D eigenvalue weighted by atomic mass is 10.1. The largest absolute Gasteiger partial charge is 0.489 e. The second-order valence-electron chi connectivity index (χ2n) is 8.62. The Balaban J connectivity index is 0.000000151. The molecule has 35 heavy (non-hydrogen) atoms. The monoisotopic (exact) mass is 480 g/mol. The van der Waals surface area contributed by atoms with Gasteiger partial charge >= 0.3 is 6.18 Å². The van der Waals surface area contributed by atoms with E-state index in [0.717, 1.165) is 41.4 Å². The smallest absolute Gasteiger partial charge is 0.416 e. The minimum absolute atomic E-state index is 0.00612. The summed E-state index contributed by atoms with van der Waals surface area (Å²) in [6.45, 7) is 0. The van der Waals surface area contributed by atoms with Gasteiger partial charge in [0.2, 0.25) is 5.91 Å². The molecule has 2 unspecified atom stereocenters. The first-order valence-electron chi connectivity index (χ1n) is 11.1. The molecular weight excluding hydrogens is 461 g/mol. The molecule has 10 heteroatoms. The highest BCUT2D eigenvalue weighted by Gasteiger charge is 2.48. The van der Waals surface area contributed by atoms with Crippen molar-refractivity contribution in [3.05, 3.63) is 71.7 Å². The third kappa shape index (κ3) is 4.16. The lowest BCUT2D eigenvalue weighted by molar-refractivity contribution is -0.137. The molecule has 0 radical (unpaired) electrons. The van der Waals surface area contributed by atoms with E-state index in [-0.39, 0.29) is 5.91 Å². The number of carbonyl (C=O) groups excluding carboxylic acids is 1. The molecule has 4 aromatic rings. The van der Waals surface area contributed by atoms with E-state index in [9.17, 15) is 18.0 Å². The fraction of sp³-hybridized carbons (Fsp3) is 0.240. The van der Waals surface area contributed by atoms with Gasteiger partial charge in [0, 0.05) is 29.7 Å². The number of carbonyl (C=O) groups is 1. The van der Waals surface area contributed by atoms with Crippen LogP contribution in [0.1, 0.15) is 35.4 Å². The number of aromatic nitrogens is 3. The number of hydrogen-bond acceptors (Lipinski definition) is 5. The molecule has 178 valence electrons. The van der Waals surface area contributed by atoms with Crippen molar-refractivity contribution in [1.29, 1.82) is 0 Å². The number of nitrogens with zero attached hydrogens (tertiary/aromatic N) is 2. The molecule has 1 amide bonds. The van der Waals surface area contributed by atoms with Crippen LogP contribution >= 0.6 is 0 Å². The lowest BCUT2D eigenvalue weighted by Gasteiger charge is -2.19. The summed E-state index contributed by atoms with van der Waals surface area (Å²) in [7, 11) is 0. The van der Waals surface area contributed by atoms with Gasteiger partial charge in [-0.2, -0.15) is 13.2 Å². The number of benzene rings is 2. The second-order valence-corrected chi connectivity index (χ2v) is 8.62. The van der Waals surface area contributed by atoms with E-state index in [0.29, 0.717) is 41.7 Å². The highest BCUT2D eigenvalue weighted by atomic mass is 19.4. The summed E-state index contributed by atoms with van der Waals surface area (Å²) < 4.78 is 48.4. The maximum atomic E-state index is 12.2. The average molecular weight is 480 g/mol. The Morgan fingerprint density at radius 3 is 2.80 bits per heavy atom. The number of ether oxygens (including phenoxy) is 2. The van der Waals surface area contributed by atoms with E-state index in [4.69, 9.17) is 9.47 Å². The van der Waals surface area contributed by atoms with Gasteiger partial charge in [-0.1, -0.05) is 0 Å². The first-order valence-corrected chi connectivity index (χ1v) is 11.1. The van der Waals surface area contributed by atoms with Crippen molar-refractivity contribution in [3.63, 3.8) is 0 Å². The zero-order chi connectivity index (χ0) is 24.2. The highest BCUT2D eigenvalue weighted by molar-refractivity contribution is 5.93. The maximum absolute atomic E-state index is 12.2. The molecule has 2 aliphatic heterocycles. The summed E-state index contributed by atoms with van der Waals surface area (Å²) in [6.07, 6.45) is 1.36. The topological polar surface area (TPSA) is 89.1 Å². The fourth-order valence-corrected chi connectivity index (χ4v) is 4.37. The average Bonchev–Trinajstić information content (AvgIpc) is 3.28. The summed E-state index contributed by atoms with van der Waals surface area (Å²) in [6, 6.07) is 11.2. The maximum Gasteiger partial charge on any atom is 0.416 e. The zero-order valence-corrected chi connectivity index (χ0v) is 18.2. The van der Waals surface area contributed by atoms with Crippen LogP contribution in [0.4, 0.5) is 19.0 Å². The van der Waals surface area contributed by atoms with Gasteiger partial charge in [-0.25, -0.2) is 9.97 Å². The number of nitrogens with one attached hydrogen (secondary N) is 2. The van der Waals surface area contributed by atoms with Gasteiger partial charge in [0.1, 0.15) is 29.2 Å². The van der Waals surface area contributed by atoms with Crippen LogP contribution in [0.25, 0.3) is 11.0 Å². The van der Waals surface area contributed by atoms with E-state index < -0.39 is 11.7 Å². The van der Waals surface area contributed by atoms with E-state index in [1.54, 1.807) is 6.20 Å². The van der Waals surface area contributed by atoms with Crippen molar-refractivity contribution >= 4 is 22.8 Å². The van der Waals surface area contributed by atoms with Crippen molar-refractivity contribution in [2.75, 3.05) is 5.32 Å². The van der Waals surface area contributed by atoms with Crippen LogP contribution < -0.4 is 14.8 Å². The second kappa shape index (κ2) is 8.00. The highest BCUT2D eigenvalue weighted by Crippen LogP contribution is 2.54. The summed E-state index contributed by atoms with van der Waals surface area (Å²) in [5.41, 5.74) is 2.48. The van der Waals surface area contributed by atoms with Gasteiger partial charge in [-0.3, -0.25) is 4.79 Å². The fourth-order valence-electron chi connectivity index (χ4n) is 4.37. The third-order valence-corrected chi connectivity index (χ3v) is 6.24. The van der Waals surface area contributed by atoms with Crippen LogP contribution in [0.5, 0.6) is 17.2 Å². The number of amides is 1. The van der Waals surface area contributed by atoms with Crippen molar-refractivity contribution in [2.45, 2.75) is 37.5 Å². The molecule has 0 spiro atoms. The first kappa shape index (κ1) is 21.5. The van der Waals surface area contributed by atoms with Crippen molar-refractivity contribution in [3.8, 4) is 17.2 Å². The molecule has 2 N–H and O–H groups in total. The number of halogens is 3. The standard InChI is InChI=1S/C17H14N2O3.C8H5F3N2/c20-16-4-2-10-14(5-6-18-17(10)19-16)21-9-1-3-13-11(7-9)12-8-15(12)22-13;9-8(10,11)5-1-2-6-7(3-5)13-4-12-6/h1,3,5-7,12,15H,2,4,8H2,(H,18,19,20);1-4H,(H,12,13). The van der Waals surface area contributed by atoms with E-state index in [1.165, 1.54) is 18.0 Å². The predicted octanol–water partition coefficient (Wildman–Crippen LogP) is 5.59. The van der Waals surface area contributed by atoms with E-state index in [1.807, 2.05) is 18.2 Å². The lowest BCUT2D eigenvalue weighted by Crippen LogP contribution is -2.20. The molecule has 1 saturated carbocycles. The molecular formula is C25H19F3N4O3. The number of pyridine rings is 1. The number of hydrogen-bond donors (Lipinski definition) is 2. The normalized spacial score (nSPS) is 19.5. The van der Waals surface area contributed by atoms with Gasteiger partial charge < -0.3 is 19.8 Å². The van der Waals surface area contributed by atoms with Gasteiger partial charge in [-0.05, 0) is 55.3 Å². The molecule has 0 bridgehead atoms. The van der Waals surface area contributed by atoms with E-state index in [2.05, 4.69) is 26.3 Å². The number of H-pyrrole nitrogens is 1. The van der Waals surface area contributed by atoms with Gasteiger partial charge in [0.05, 0.1) is 22.9 Å². The van der Waals surface area contributed by atoms with Crippen molar-refractivity contribution in [2.24, 2.45) is 0 Å². The summed E-state index contributed by atoms with van der Waals surface area (Å²) >= 11 is 0.